The number of hydrogen-bond donors (Lipinski definition) is 1. The van der Waals surface area contributed by atoms with E-state index in [2.05, 4.69) is 0 Å². The molecule has 4 nitrogen and oxygen atoms in total. The summed E-state index contributed by atoms with van der Waals surface area (Å²) in [4.78, 5) is 25.4. The zero-order chi connectivity index (χ0) is 14.9. The molecule has 1 aromatic rings. The molecule has 0 bridgehead atoms. The first-order valence-corrected chi connectivity index (χ1v) is 7.08. The molecule has 1 aliphatic rings. The van der Waals surface area contributed by atoms with Gasteiger partial charge in [0.25, 0.3) is 5.91 Å². The van der Waals surface area contributed by atoms with Crippen LogP contribution >= 0.6 is 11.6 Å². The molecule has 1 fully saturated rings. The molecular weight excluding hydrogens is 278 g/mol. The highest BCUT2D eigenvalue weighted by Gasteiger charge is 2.33. The highest BCUT2D eigenvalue weighted by molar-refractivity contribution is 6.31. The Morgan fingerprint density at radius 3 is 2.70 bits per heavy atom. The lowest BCUT2D eigenvalue weighted by atomic mass is 9.91. The van der Waals surface area contributed by atoms with E-state index >= 15 is 0 Å². The van der Waals surface area contributed by atoms with Gasteiger partial charge in [-0.2, -0.15) is 0 Å². The Hall–Kier alpha value is -1.55. The van der Waals surface area contributed by atoms with Gasteiger partial charge in [-0.15, -0.1) is 0 Å². The van der Waals surface area contributed by atoms with E-state index in [9.17, 15) is 9.59 Å². The van der Waals surface area contributed by atoms with E-state index in [0.29, 0.717) is 30.0 Å². The van der Waals surface area contributed by atoms with Gasteiger partial charge in [0.2, 0.25) is 0 Å². The second kappa shape index (κ2) is 5.83. The molecule has 1 aromatic carbocycles. The van der Waals surface area contributed by atoms with Crippen molar-refractivity contribution in [1.29, 1.82) is 0 Å². The van der Waals surface area contributed by atoms with E-state index < -0.39 is 5.97 Å². The van der Waals surface area contributed by atoms with Crippen LogP contribution in [0.15, 0.2) is 18.2 Å². The molecule has 0 aromatic heterocycles. The summed E-state index contributed by atoms with van der Waals surface area (Å²) in [5.74, 6) is -1.20. The quantitative estimate of drug-likeness (QED) is 0.912. The lowest BCUT2D eigenvalue weighted by molar-refractivity contribution is -0.143. The normalized spacial score (nSPS) is 22.6. The summed E-state index contributed by atoms with van der Waals surface area (Å²) in [5, 5.41) is 9.63. The van der Waals surface area contributed by atoms with Crippen LogP contribution in [0.1, 0.15) is 35.7 Å². The third-order valence-corrected chi connectivity index (χ3v) is 4.39. The number of halogens is 1. The summed E-state index contributed by atoms with van der Waals surface area (Å²) in [7, 11) is 0. The molecule has 1 heterocycles. The zero-order valence-corrected chi connectivity index (χ0v) is 12.4. The summed E-state index contributed by atoms with van der Waals surface area (Å²) in [6.07, 6.45) is 1.01. The SMILES string of the molecule is Cc1c(Cl)cccc1C(=O)N1CCC(C(=O)O)CC1C. The van der Waals surface area contributed by atoms with E-state index in [1.54, 1.807) is 23.1 Å². The topological polar surface area (TPSA) is 57.6 Å². The molecule has 1 aliphatic heterocycles. The number of carboxylic acid groups (broad SMARTS) is 1. The Morgan fingerprint density at radius 1 is 1.40 bits per heavy atom. The van der Waals surface area contributed by atoms with E-state index in [4.69, 9.17) is 16.7 Å². The van der Waals surface area contributed by atoms with Gasteiger partial charge in [0.1, 0.15) is 0 Å². The molecule has 0 saturated carbocycles. The Balaban J connectivity index is 2.18. The molecule has 0 radical (unpaired) electrons. The van der Waals surface area contributed by atoms with Crippen LogP contribution in [0.5, 0.6) is 0 Å². The summed E-state index contributed by atoms with van der Waals surface area (Å²) < 4.78 is 0. The van der Waals surface area contributed by atoms with Crippen molar-refractivity contribution in [2.45, 2.75) is 32.7 Å². The van der Waals surface area contributed by atoms with Gasteiger partial charge in [0.05, 0.1) is 5.92 Å². The molecule has 0 aliphatic carbocycles. The predicted molar refractivity (Wildman–Crippen MR) is 77.0 cm³/mol. The highest BCUT2D eigenvalue weighted by Crippen LogP contribution is 2.27. The first kappa shape index (κ1) is 14.9. The van der Waals surface area contributed by atoms with Crippen LogP contribution < -0.4 is 0 Å². The Bertz CT molecular complexity index is 544. The average molecular weight is 296 g/mol. The molecule has 1 amide bonds. The van der Waals surface area contributed by atoms with E-state index in [1.807, 2.05) is 13.8 Å². The molecule has 5 heteroatoms. The number of rotatable bonds is 2. The van der Waals surface area contributed by atoms with Gasteiger partial charge in [-0.25, -0.2) is 0 Å². The third-order valence-electron chi connectivity index (χ3n) is 3.98. The monoisotopic (exact) mass is 295 g/mol. The van der Waals surface area contributed by atoms with Gasteiger partial charge in [-0.3, -0.25) is 9.59 Å². The Labute approximate surface area is 123 Å². The van der Waals surface area contributed by atoms with Gasteiger partial charge in [0.15, 0.2) is 0 Å². The molecule has 0 spiro atoms. The van der Waals surface area contributed by atoms with Gasteiger partial charge in [0, 0.05) is 23.2 Å². The van der Waals surface area contributed by atoms with Crippen LogP contribution in [0, 0.1) is 12.8 Å². The van der Waals surface area contributed by atoms with Crippen molar-refractivity contribution in [1.82, 2.24) is 4.90 Å². The van der Waals surface area contributed by atoms with Crippen LogP contribution in [-0.2, 0) is 4.79 Å². The van der Waals surface area contributed by atoms with Crippen LogP contribution in [0.4, 0.5) is 0 Å². The number of amides is 1. The summed E-state index contributed by atoms with van der Waals surface area (Å²) in [5.41, 5.74) is 1.37. The highest BCUT2D eigenvalue weighted by atomic mass is 35.5. The summed E-state index contributed by atoms with van der Waals surface area (Å²) in [6, 6.07) is 5.21. The second-order valence-corrected chi connectivity index (χ2v) is 5.73. The van der Waals surface area contributed by atoms with Gasteiger partial charge < -0.3 is 10.0 Å². The van der Waals surface area contributed by atoms with Crippen molar-refractivity contribution in [2.75, 3.05) is 6.54 Å². The third kappa shape index (κ3) is 2.80. The van der Waals surface area contributed by atoms with Crippen LogP contribution in [0.25, 0.3) is 0 Å². The van der Waals surface area contributed by atoms with E-state index in [1.165, 1.54) is 0 Å². The van der Waals surface area contributed by atoms with Gasteiger partial charge >= 0.3 is 5.97 Å². The maximum absolute atomic E-state index is 12.6. The van der Waals surface area contributed by atoms with Crippen molar-refractivity contribution in [2.24, 2.45) is 5.92 Å². The largest absolute Gasteiger partial charge is 0.481 e. The van der Waals surface area contributed by atoms with Crippen molar-refractivity contribution in [3.8, 4) is 0 Å². The van der Waals surface area contributed by atoms with Gasteiger partial charge in [-0.05, 0) is 44.4 Å². The first-order chi connectivity index (χ1) is 9.41. The number of carbonyl (C=O) groups is 2. The number of likely N-dealkylation sites (tertiary alicyclic amines) is 1. The smallest absolute Gasteiger partial charge is 0.306 e. The molecule has 20 heavy (non-hydrogen) atoms. The fourth-order valence-electron chi connectivity index (χ4n) is 2.69. The maximum atomic E-state index is 12.6. The lowest BCUT2D eigenvalue weighted by Crippen LogP contribution is -2.46. The first-order valence-electron chi connectivity index (χ1n) is 6.70. The number of nitrogens with zero attached hydrogens (tertiary/aromatic N) is 1. The number of carbonyl (C=O) groups excluding carboxylic acids is 1. The lowest BCUT2D eigenvalue weighted by Gasteiger charge is -2.36. The Morgan fingerprint density at radius 2 is 2.10 bits per heavy atom. The molecule has 108 valence electrons. The zero-order valence-electron chi connectivity index (χ0n) is 11.6. The fourth-order valence-corrected chi connectivity index (χ4v) is 2.87. The van der Waals surface area contributed by atoms with Crippen molar-refractivity contribution >= 4 is 23.5 Å². The molecule has 2 rings (SSSR count). The summed E-state index contributed by atoms with van der Waals surface area (Å²) >= 11 is 6.05. The number of aliphatic carboxylic acids is 1. The van der Waals surface area contributed by atoms with E-state index in [0.717, 1.165) is 5.56 Å². The number of carboxylic acids is 1. The minimum Gasteiger partial charge on any atom is -0.481 e. The second-order valence-electron chi connectivity index (χ2n) is 5.32. The van der Waals surface area contributed by atoms with Crippen molar-refractivity contribution < 1.29 is 14.7 Å². The standard InChI is InChI=1S/C15H18ClNO3/c1-9-8-11(15(19)20)6-7-17(9)14(18)12-4-3-5-13(16)10(12)2/h3-5,9,11H,6-8H2,1-2H3,(H,19,20). The molecular formula is C15H18ClNO3. The fraction of sp³-hybridized carbons (Fsp3) is 0.467. The van der Waals surface area contributed by atoms with E-state index in [-0.39, 0.29) is 17.9 Å². The molecule has 1 saturated heterocycles. The van der Waals surface area contributed by atoms with Crippen molar-refractivity contribution in [3.63, 3.8) is 0 Å². The minimum absolute atomic E-state index is 0.0682. The minimum atomic E-state index is -0.775. The number of benzene rings is 1. The molecule has 2 atom stereocenters. The van der Waals surface area contributed by atoms with Crippen LogP contribution in [0.2, 0.25) is 5.02 Å². The van der Waals surface area contributed by atoms with Gasteiger partial charge in [-0.1, -0.05) is 17.7 Å². The Kier molecular flexibility index (Phi) is 4.33. The number of hydrogen-bond acceptors (Lipinski definition) is 2. The van der Waals surface area contributed by atoms with Crippen LogP contribution in [-0.4, -0.2) is 34.5 Å². The summed E-state index contributed by atoms with van der Waals surface area (Å²) in [6.45, 7) is 4.19. The predicted octanol–water partition coefficient (Wildman–Crippen LogP) is 2.97. The average Bonchev–Trinajstić information content (AvgIpc) is 2.41. The van der Waals surface area contributed by atoms with Crippen LogP contribution in [0.3, 0.4) is 0 Å². The van der Waals surface area contributed by atoms with Crippen molar-refractivity contribution in [3.05, 3.63) is 34.3 Å². The maximum Gasteiger partial charge on any atom is 0.306 e. The number of piperidine rings is 1. The molecule has 2 unspecified atom stereocenters. The molecule has 1 N–H and O–H groups in total.